The maximum absolute atomic E-state index is 3.69. The summed E-state index contributed by atoms with van der Waals surface area (Å²) >= 11 is 0. The zero-order valence-electron chi connectivity index (χ0n) is 11.8. The SMILES string of the molecule is CCC1CN(C2CCCCCC2C)CCCN1. The van der Waals surface area contributed by atoms with Gasteiger partial charge in [0.25, 0.3) is 0 Å². The van der Waals surface area contributed by atoms with Crippen LogP contribution in [0, 0.1) is 5.92 Å². The highest BCUT2D eigenvalue weighted by Crippen LogP contribution is 2.28. The van der Waals surface area contributed by atoms with Crippen molar-refractivity contribution in [3.05, 3.63) is 0 Å². The van der Waals surface area contributed by atoms with Gasteiger partial charge in [-0.05, 0) is 44.7 Å². The van der Waals surface area contributed by atoms with Gasteiger partial charge in [0.15, 0.2) is 0 Å². The Morgan fingerprint density at radius 1 is 1.12 bits per heavy atom. The normalized spacial score (nSPS) is 37.4. The van der Waals surface area contributed by atoms with Crippen LogP contribution in [0.2, 0.25) is 0 Å². The maximum atomic E-state index is 3.69. The third kappa shape index (κ3) is 3.69. The van der Waals surface area contributed by atoms with E-state index in [1.54, 1.807) is 0 Å². The van der Waals surface area contributed by atoms with E-state index in [0.29, 0.717) is 0 Å². The number of hydrogen-bond acceptors (Lipinski definition) is 2. The minimum Gasteiger partial charge on any atom is -0.313 e. The molecule has 0 aromatic heterocycles. The second-order valence-electron chi connectivity index (χ2n) is 6.09. The van der Waals surface area contributed by atoms with Crippen LogP contribution in [-0.4, -0.2) is 36.6 Å². The van der Waals surface area contributed by atoms with E-state index in [1.807, 2.05) is 0 Å². The van der Waals surface area contributed by atoms with Crippen molar-refractivity contribution in [3.8, 4) is 0 Å². The lowest BCUT2D eigenvalue weighted by atomic mass is 9.95. The van der Waals surface area contributed by atoms with Crippen LogP contribution in [0.4, 0.5) is 0 Å². The molecule has 1 saturated carbocycles. The van der Waals surface area contributed by atoms with Crippen molar-refractivity contribution in [2.75, 3.05) is 19.6 Å². The minimum absolute atomic E-state index is 0.730. The Morgan fingerprint density at radius 3 is 2.76 bits per heavy atom. The first-order chi connectivity index (χ1) is 8.31. The average molecular weight is 238 g/mol. The van der Waals surface area contributed by atoms with Crippen LogP contribution >= 0.6 is 0 Å². The van der Waals surface area contributed by atoms with Crippen molar-refractivity contribution in [2.24, 2.45) is 5.92 Å². The molecule has 2 rings (SSSR count). The van der Waals surface area contributed by atoms with Crippen LogP contribution in [-0.2, 0) is 0 Å². The Morgan fingerprint density at radius 2 is 1.94 bits per heavy atom. The van der Waals surface area contributed by atoms with Crippen LogP contribution in [0.5, 0.6) is 0 Å². The number of hydrogen-bond donors (Lipinski definition) is 1. The molecule has 3 unspecified atom stereocenters. The first-order valence-corrected chi connectivity index (χ1v) is 7.78. The quantitative estimate of drug-likeness (QED) is 0.744. The molecule has 2 aliphatic rings. The molecule has 1 aliphatic heterocycles. The van der Waals surface area contributed by atoms with E-state index < -0.39 is 0 Å². The minimum atomic E-state index is 0.730. The molecule has 1 saturated heterocycles. The Bertz CT molecular complexity index is 217. The van der Waals surface area contributed by atoms with Gasteiger partial charge in [-0.15, -0.1) is 0 Å². The molecule has 1 aliphatic carbocycles. The van der Waals surface area contributed by atoms with E-state index in [2.05, 4.69) is 24.1 Å². The summed E-state index contributed by atoms with van der Waals surface area (Å²) < 4.78 is 0. The van der Waals surface area contributed by atoms with Crippen molar-refractivity contribution in [1.82, 2.24) is 10.2 Å². The van der Waals surface area contributed by atoms with Crippen molar-refractivity contribution >= 4 is 0 Å². The fraction of sp³-hybridized carbons (Fsp3) is 1.00. The van der Waals surface area contributed by atoms with E-state index in [9.17, 15) is 0 Å². The molecule has 0 radical (unpaired) electrons. The van der Waals surface area contributed by atoms with Crippen molar-refractivity contribution in [2.45, 2.75) is 70.9 Å². The van der Waals surface area contributed by atoms with E-state index in [0.717, 1.165) is 18.0 Å². The molecule has 0 aromatic carbocycles. The van der Waals surface area contributed by atoms with Gasteiger partial charge in [-0.3, -0.25) is 4.90 Å². The van der Waals surface area contributed by atoms with Crippen molar-refractivity contribution in [3.63, 3.8) is 0 Å². The van der Waals surface area contributed by atoms with Crippen molar-refractivity contribution < 1.29 is 0 Å². The number of rotatable bonds is 2. The standard InChI is InChI=1S/C15H30N2/c1-3-14-12-17(11-7-10-16-14)15-9-6-4-5-8-13(15)2/h13-16H,3-12H2,1-2H3. The lowest BCUT2D eigenvalue weighted by Crippen LogP contribution is -2.44. The molecule has 0 amide bonds. The van der Waals surface area contributed by atoms with Gasteiger partial charge < -0.3 is 5.32 Å². The molecular formula is C15H30N2. The van der Waals surface area contributed by atoms with Gasteiger partial charge in [0.05, 0.1) is 0 Å². The van der Waals surface area contributed by atoms with Crippen LogP contribution in [0.15, 0.2) is 0 Å². The molecule has 0 spiro atoms. The summed E-state index contributed by atoms with van der Waals surface area (Å²) in [6.07, 6.45) is 9.88. The van der Waals surface area contributed by atoms with Crippen molar-refractivity contribution in [1.29, 1.82) is 0 Å². The summed E-state index contributed by atoms with van der Waals surface area (Å²) in [7, 11) is 0. The average Bonchev–Trinajstić information content (AvgIpc) is 2.68. The Labute approximate surface area is 107 Å². The molecule has 2 fully saturated rings. The highest BCUT2D eigenvalue weighted by Gasteiger charge is 2.28. The van der Waals surface area contributed by atoms with Gasteiger partial charge >= 0.3 is 0 Å². The summed E-state index contributed by atoms with van der Waals surface area (Å²) in [5.41, 5.74) is 0. The summed E-state index contributed by atoms with van der Waals surface area (Å²) in [5.74, 6) is 0.910. The Balaban J connectivity index is 1.97. The fourth-order valence-corrected chi connectivity index (χ4v) is 3.62. The summed E-state index contributed by atoms with van der Waals surface area (Å²) in [6, 6.07) is 1.60. The van der Waals surface area contributed by atoms with Crippen LogP contribution in [0.3, 0.4) is 0 Å². The third-order valence-corrected chi connectivity index (χ3v) is 4.79. The van der Waals surface area contributed by atoms with E-state index >= 15 is 0 Å². The van der Waals surface area contributed by atoms with Gasteiger partial charge in [0.1, 0.15) is 0 Å². The summed E-state index contributed by atoms with van der Waals surface area (Å²) in [6.45, 7) is 8.62. The van der Waals surface area contributed by atoms with Crippen LogP contribution in [0.25, 0.3) is 0 Å². The number of nitrogens with zero attached hydrogens (tertiary/aromatic N) is 1. The lowest BCUT2D eigenvalue weighted by Gasteiger charge is -2.35. The largest absolute Gasteiger partial charge is 0.313 e. The van der Waals surface area contributed by atoms with Gasteiger partial charge in [0, 0.05) is 18.6 Å². The third-order valence-electron chi connectivity index (χ3n) is 4.79. The fourth-order valence-electron chi connectivity index (χ4n) is 3.62. The van der Waals surface area contributed by atoms with Gasteiger partial charge in [-0.2, -0.15) is 0 Å². The van der Waals surface area contributed by atoms with Gasteiger partial charge in [-0.25, -0.2) is 0 Å². The zero-order chi connectivity index (χ0) is 12.1. The van der Waals surface area contributed by atoms with E-state index in [1.165, 1.54) is 64.6 Å². The van der Waals surface area contributed by atoms with Crippen LogP contribution in [0.1, 0.15) is 58.8 Å². The van der Waals surface area contributed by atoms with E-state index in [-0.39, 0.29) is 0 Å². The molecule has 1 N–H and O–H groups in total. The zero-order valence-corrected chi connectivity index (χ0v) is 11.8. The lowest BCUT2D eigenvalue weighted by molar-refractivity contribution is 0.137. The molecule has 0 aromatic rings. The summed E-state index contributed by atoms with van der Waals surface area (Å²) in [4.78, 5) is 2.81. The number of nitrogens with one attached hydrogen (secondary N) is 1. The second-order valence-corrected chi connectivity index (χ2v) is 6.09. The molecule has 3 atom stereocenters. The molecule has 2 heteroatoms. The molecular weight excluding hydrogens is 208 g/mol. The first-order valence-electron chi connectivity index (χ1n) is 7.78. The smallest absolute Gasteiger partial charge is 0.0192 e. The van der Waals surface area contributed by atoms with Crippen LogP contribution < -0.4 is 5.32 Å². The molecule has 2 nitrogen and oxygen atoms in total. The highest BCUT2D eigenvalue weighted by atomic mass is 15.2. The Hall–Kier alpha value is -0.0800. The maximum Gasteiger partial charge on any atom is 0.0192 e. The molecule has 1 heterocycles. The van der Waals surface area contributed by atoms with E-state index in [4.69, 9.17) is 0 Å². The first kappa shape index (κ1) is 13.4. The molecule has 100 valence electrons. The van der Waals surface area contributed by atoms with Gasteiger partial charge in [0.2, 0.25) is 0 Å². The molecule has 17 heavy (non-hydrogen) atoms. The topological polar surface area (TPSA) is 15.3 Å². The predicted octanol–water partition coefficient (Wildman–Crippen LogP) is 3.03. The molecule has 0 bridgehead atoms. The van der Waals surface area contributed by atoms with Gasteiger partial charge in [-0.1, -0.05) is 33.1 Å². The Kier molecular flexibility index (Phi) is 5.30. The monoisotopic (exact) mass is 238 g/mol. The predicted molar refractivity (Wildman–Crippen MR) is 74.3 cm³/mol. The highest BCUT2D eigenvalue weighted by molar-refractivity contribution is 4.84. The summed E-state index contributed by atoms with van der Waals surface area (Å²) in [5, 5.41) is 3.69. The second kappa shape index (κ2) is 6.75.